The molecule has 3 rings (SSSR count). The van der Waals surface area contributed by atoms with Gasteiger partial charge < -0.3 is 15.1 Å². The SMILES string of the molecule is CCN(Cc1cccc(C)c1)C(=O)NC(C)c1cccc(N2CCCC2=O)c1. The van der Waals surface area contributed by atoms with Gasteiger partial charge >= 0.3 is 6.03 Å². The van der Waals surface area contributed by atoms with Crippen LogP contribution in [0, 0.1) is 6.92 Å². The van der Waals surface area contributed by atoms with Crippen molar-refractivity contribution in [2.24, 2.45) is 0 Å². The monoisotopic (exact) mass is 379 g/mol. The average molecular weight is 380 g/mol. The van der Waals surface area contributed by atoms with E-state index in [0.717, 1.165) is 29.8 Å². The van der Waals surface area contributed by atoms with Gasteiger partial charge in [-0.15, -0.1) is 0 Å². The number of carbonyl (C=O) groups excluding carboxylic acids is 2. The predicted molar refractivity (Wildman–Crippen MR) is 112 cm³/mol. The zero-order valence-electron chi connectivity index (χ0n) is 16.9. The van der Waals surface area contributed by atoms with Crippen LogP contribution in [0.5, 0.6) is 0 Å². The first-order valence-corrected chi connectivity index (χ1v) is 9.99. The first-order chi connectivity index (χ1) is 13.5. The van der Waals surface area contributed by atoms with Crippen LogP contribution in [0.4, 0.5) is 10.5 Å². The van der Waals surface area contributed by atoms with E-state index in [2.05, 4.69) is 24.4 Å². The number of nitrogens with zero attached hydrogens (tertiary/aromatic N) is 2. The number of anilines is 1. The average Bonchev–Trinajstić information content (AvgIpc) is 3.12. The minimum atomic E-state index is -0.142. The van der Waals surface area contributed by atoms with E-state index in [9.17, 15) is 9.59 Å². The van der Waals surface area contributed by atoms with Crippen molar-refractivity contribution in [3.8, 4) is 0 Å². The highest BCUT2D eigenvalue weighted by molar-refractivity contribution is 5.95. The Bertz CT molecular complexity index is 849. The Kier molecular flexibility index (Phi) is 6.34. The molecule has 28 heavy (non-hydrogen) atoms. The van der Waals surface area contributed by atoms with Crippen molar-refractivity contribution in [2.75, 3.05) is 18.0 Å². The number of benzene rings is 2. The van der Waals surface area contributed by atoms with Crippen molar-refractivity contribution in [3.05, 3.63) is 65.2 Å². The maximum atomic E-state index is 12.8. The predicted octanol–water partition coefficient (Wildman–Crippen LogP) is 4.41. The highest BCUT2D eigenvalue weighted by atomic mass is 16.2. The molecule has 1 aliphatic heterocycles. The summed E-state index contributed by atoms with van der Waals surface area (Å²) in [7, 11) is 0. The van der Waals surface area contributed by atoms with Crippen molar-refractivity contribution in [3.63, 3.8) is 0 Å². The summed E-state index contributed by atoms with van der Waals surface area (Å²) < 4.78 is 0. The second kappa shape index (κ2) is 8.91. The maximum absolute atomic E-state index is 12.8. The van der Waals surface area contributed by atoms with Crippen molar-refractivity contribution < 1.29 is 9.59 Å². The number of hydrogen-bond acceptors (Lipinski definition) is 2. The summed E-state index contributed by atoms with van der Waals surface area (Å²) in [6, 6.07) is 15.9. The summed E-state index contributed by atoms with van der Waals surface area (Å²) in [5.74, 6) is 0.171. The summed E-state index contributed by atoms with van der Waals surface area (Å²) in [6.07, 6.45) is 1.51. The second-order valence-electron chi connectivity index (χ2n) is 7.42. The van der Waals surface area contributed by atoms with Gasteiger partial charge in [-0.2, -0.15) is 0 Å². The molecule has 0 saturated carbocycles. The molecule has 1 N–H and O–H groups in total. The van der Waals surface area contributed by atoms with Gasteiger partial charge in [0.05, 0.1) is 6.04 Å². The smallest absolute Gasteiger partial charge is 0.318 e. The number of rotatable bonds is 6. The lowest BCUT2D eigenvalue weighted by Crippen LogP contribution is -2.40. The van der Waals surface area contributed by atoms with E-state index in [-0.39, 0.29) is 18.0 Å². The molecule has 1 aliphatic rings. The van der Waals surface area contributed by atoms with E-state index >= 15 is 0 Å². The van der Waals surface area contributed by atoms with Crippen LogP contribution in [-0.4, -0.2) is 29.9 Å². The molecule has 1 heterocycles. The number of carbonyl (C=O) groups is 2. The fourth-order valence-corrected chi connectivity index (χ4v) is 3.60. The van der Waals surface area contributed by atoms with Gasteiger partial charge in [-0.3, -0.25) is 4.79 Å². The second-order valence-corrected chi connectivity index (χ2v) is 7.42. The molecule has 1 atom stereocenters. The molecule has 1 fully saturated rings. The Morgan fingerprint density at radius 1 is 1.21 bits per heavy atom. The van der Waals surface area contributed by atoms with Crippen LogP contribution in [-0.2, 0) is 11.3 Å². The zero-order chi connectivity index (χ0) is 20.1. The fourth-order valence-electron chi connectivity index (χ4n) is 3.60. The summed E-state index contributed by atoms with van der Waals surface area (Å²) in [4.78, 5) is 28.4. The molecule has 0 spiro atoms. The third-order valence-corrected chi connectivity index (χ3v) is 5.22. The van der Waals surface area contributed by atoms with Gasteiger partial charge in [0.25, 0.3) is 0 Å². The van der Waals surface area contributed by atoms with E-state index in [1.807, 2.05) is 55.1 Å². The van der Waals surface area contributed by atoms with E-state index in [1.54, 1.807) is 4.90 Å². The number of amides is 3. The number of hydrogen-bond donors (Lipinski definition) is 1. The number of aryl methyl sites for hydroxylation is 1. The Morgan fingerprint density at radius 2 is 2.00 bits per heavy atom. The molecule has 0 bridgehead atoms. The summed E-state index contributed by atoms with van der Waals surface area (Å²) in [6.45, 7) is 8.00. The molecule has 2 aromatic carbocycles. The van der Waals surface area contributed by atoms with Gasteiger partial charge in [0.1, 0.15) is 0 Å². The van der Waals surface area contributed by atoms with Gasteiger partial charge in [-0.05, 0) is 50.5 Å². The largest absolute Gasteiger partial charge is 0.331 e. The molecule has 1 unspecified atom stereocenters. The number of nitrogens with one attached hydrogen (secondary N) is 1. The molecular weight excluding hydrogens is 350 g/mol. The quantitative estimate of drug-likeness (QED) is 0.808. The summed E-state index contributed by atoms with van der Waals surface area (Å²) in [5.41, 5.74) is 4.22. The Hall–Kier alpha value is -2.82. The third kappa shape index (κ3) is 4.71. The summed E-state index contributed by atoms with van der Waals surface area (Å²) >= 11 is 0. The van der Waals surface area contributed by atoms with E-state index < -0.39 is 0 Å². The molecular formula is C23H29N3O2. The Labute approximate surface area is 167 Å². The standard InChI is InChI=1S/C23H29N3O2/c1-4-25(16-19-9-5-8-17(2)14-19)23(28)24-18(3)20-10-6-11-21(15-20)26-13-7-12-22(26)27/h5-6,8-11,14-15,18H,4,7,12-13,16H2,1-3H3,(H,24,28). The lowest BCUT2D eigenvalue weighted by molar-refractivity contribution is -0.117. The van der Waals surface area contributed by atoms with Gasteiger partial charge in [0.15, 0.2) is 0 Å². The van der Waals surface area contributed by atoms with Crippen LogP contribution in [0.15, 0.2) is 48.5 Å². The van der Waals surface area contributed by atoms with E-state index in [1.165, 1.54) is 5.56 Å². The van der Waals surface area contributed by atoms with Crippen molar-refractivity contribution >= 4 is 17.6 Å². The molecule has 5 heteroatoms. The van der Waals surface area contributed by atoms with Crippen LogP contribution < -0.4 is 10.2 Å². The maximum Gasteiger partial charge on any atom is 0.318 e. The third-order valence-electron chi connectivity index (χ3n) is 5.22. The first-order valence-electron chi connectivity index (χ1n) is 9.99. The molecule has 5 nitrogen and oxygen atoms in total. The topological polar surface area (TPSA) is 52.7 Å². The zero-order valence-corrected chi connectivity index (χ0v) is 16.9. The lowest BCUT2D eigenvalue weighted by atomic mass is 10.1. The van der Waals surface area contributed by atoms with Gasteiger partial charge in [-0.1, -0.05) is 42.0 Å². The van der Waals surface area contributed by atoms with Crippen molar-refractivity contribution in [2.45, 2.75) is 46.2 Å². The fraction of sp³-hybridized carbons (Fsp3) is 0.391. The molecule has 0 aromatic heterocycles. The van der Waals surface area contributed by atoms with Crippen LogP contribution in [0.25, 0.3) is 0 Å². The molecule has 148 valence electrons. The first kappa shape index (κ1) is 19.9. The lowest BCUT2D eigenvalue weighted by Gasteiger charge is -2.25. The Morgan fingerprint density at radius 3 is 2.68 bits per heavy atom. The number of urea groups is 1. The van der Waals surface area contributed by atoms with Crippen molar-refractivity contribution in [1.82, 2.24) is 10.2 Å². The normalized spacial score (nSPS) is 14.8. The van der Waals surface area contributed by atoms with E-state index in [0.29, 0.717) is 19.5 Å². The highest BCUT2D eigenvalue weighted by Gasteiger charge is 2.22. The molecule has 0 radical (unpaired) electrons. The van der Waals surface area contributed by atoms with Gasteiger partial charge in [0, 0.05) is 31.7 Å². The molecule has 0 aliphatic carbocycles. The summed E-state index contributed by atoms with van der Waals surface area (Å²) in [5, 5.41) is 3.09. The Balaban J connectivity index is 1.66. The molecule has 1 saturated heterocycles. The van der Waals surface area contributed by atoms with Crippen LogP contribution >= 0.6 is 0 Å². The van der Waals surface area contributed by atoms with Crippen LogP contribution in [0.3, 0.4) is 0 Å². The van der Waals surface area contributed by atoms with Gasteiger partial charge in [-0.25, -0.2) is 4.79 Å². The van der Waals surface area contributed by atoms with Crippen molar-refractivity contribution in [1.29, 1.82) is 0 Å². The highest BCUT2D eigenvalue weighted by Crippen LogP contribution is 2.25. The molecule has 2 aromatic rings. The molecule has 3 amide bonds. The van der Waals surface area contributed by atoms with Crippen LogP contribution in [0.1, 0.15) is 49.4 Å². The minimum absolute atomic E-state index is 0.0841. The minimum Gasteiger partial charge on any atom is -0.331 e. The van der Waals surface area contributed by atoms with E-state index in [4.69, 9.17) is 0 Å². The van der Waals surface area contributed by atoms with Crippen LogP contribution in [0.2, 0.25) is 0 Å². The van der Waals surface area contributed by atoms with Gasteiger partial charge in [0.2, 0.25) is 5.91 Å².